The third-order valence-electron chi connectivity index (χ3n) is 5.26. The molecule has 0 aromatic carbocycles. The summed E-state index contributed by atoms with van der Waals surface area (Å²) in [5.41, 5.74) is 3.59. The number of rotatable bonds is 4. The molecule has 0 N–H and O–H groups in total. The van der Waals surface area contributed by atoms with Crippen LogP contribution in [0.15, 0.2) is 44.5 Å². The van der Waals surface area contributed by atoms with Gasteiger partial charge in [-0.25, -0.2) is 8.42 Å². The zero-order valence-corrected chi connectivity index (χ0v) is 17.6. The van der Waals surface area contributed by atoms with Crippen molar-refractivity contribution < 1.29 is 17.4 Å². The van der Waals surface area contributed by atoms with Crippen molar-refractivity contribution in [3.8, 4) is 11.5 Å². The van der Waals surface area contributed by atoms with Crippen LogP contribution in [0, 0.1) is 20.8 Å². The Labute approximate surface area is 170 Å². The van der Waals surface area contributed by atoms with Crippen LogP contribution in [0.2, 0.25) is 0 Å². The van der Waals surface area contributed by atoms with Crippen LogP contribution < -0.4 is 4.90 Å². The smallest absolute Gasteiger partial charge is 0.276 e. The first-order chi connectivity index (χ1) is 13.9. The van der Waals surface area contributed by atoms with Gasteiger partial charge in [0.15, 0.2) is 5.76 Å². The monoisotopic (exact) mass is 416 g/mol. The van der Waals surface area contributed by atoms with Crippen molar-refractivity contribution >= 4 is 15.7 Å². The predicted octanol–water partition coefficient (Wildman–Crippen LogP) is 3.16. The fraction of sp³-hybridized carbons (Fsp3) is 0.400. The van der Waals surface area contributed by atoms with Gasteiger partial charge in [0, 0.05) is 49.3 Å². The van der Waals surface area contributed by atoms with Gasteiger partial charge in [0.25, 0.3) is 10.0 Å². The summed E-state index contributed by atoms with van der Waals surface area (Å²) < 4.78 is 38.7. The second kappa shape index (κ2) is 7.64. The second-order valence-corrected chi connectivity index (χ2v) is 9.11. The number of furan rings is 1. The Morgan fingerprint density at radius 2 is 1.86 bits per heavy atom. The van der Waals surface area contributed by atoms with Crippen LogP contribution >= 0.6 is 0 Å². The SMILES string of the molecule is Cc1cc(N2CCCN(S(=O)(=O)c3ccc(-c4onc(C)c4C)o3)CC2)ccn1. The average Bonchev–Trinajstić information content (AvgIpc) is 3.21. The maximum Gasteiger partial charge on any atom is 0.276 e. The third kappa shape index (κ3) is 3.79. The molecule has 1 aliphatic heterocycles. The van der Waals surface area contributed by atoms with Crippen LogP contribution in [-0.2, 0) is 10.0 Å². The van der Waals surface area contributed by atoms with Gasteiger partial charge in [0.2, 0.25) is 10.9 Å². The first-order valence-corrected chi connectivity index (χ1v) is 11.0. The zero-order valence-electron chi connectivity index (χ0n) is 16.8. The van der Waals surface area contributed by atoms with Crippen molar-refractivity contribution in [1.29, 1.82) is 0 Å². The molecule has 0 unspecified atom stereocenters. The zero-order chi connectivity index (χ0) is 20.6. The molecule has 3 aromatic rings. The molecule has 0 spiro atoms. The molecule has 0 aliphatic carbocycles. The van der Waals surface area contributed by atoms with Crippen molar-refractivity contribution in [2.45, 2.75) is 32.3 Å². The van der Waals surface area contributed by atoms with E-state index < -0.39 is 10.0 Å². The normalized spacial score (nSPS) is 16.2. The summed E-state index contributed by atoms with van der Waals surface area (Å²) in [7, 11) is -3.73. The Balaban J connectivity index is 1.53. The van der Waals surface area contributed by atoms with Gasteiger partial charge in [-0.2, -0.15) is 4.31 Å². The van der Waals surface area contributed by atoms with E-state index in [1.165, 1.54) is 10.4 Å². The standard InChI is InChI=1S/C20H24N4O4S/c1-14-13-17(7-8-21-14)23-9-4-10-24(12-11-23)29(25,26)19-6-5-18(27-19)20-15(2)16(3)22-28-20/h5-8,13H,4,9-12H2,1-3H3. The van der Waals surface area contributed by atoms with E-state index in [0.29, 0.717) is 31.2 Å². The average molecular weight is 417 g/mol. The highest BCUT2D eigenvalue weighted by Gasteiger charge is 2.30. The summed E-state index contributed by atoms with van der Waals surface area (Å²) in [4.78, 5) is 6.42. The number of hydrogen-bond acceptors (Lipinski definition) is 7. The molecule has 0 atom stereocenters. The fourth-order valence-corrected chi connectivity index (χ4v) is 4.85. The van der Waals surface area contributed by atoms with Gasteiger partial charge < -0.3 is 13.8 Å². The molecule has 1 saturated heterocycles. The number of hydrogen-bond donors (Lipinski definition) is 0. The molecule has 1 fully saturated rings. The van der Waals surface area contributed by atoms with Crippen molar-refractivity contribution in [2.24, 2.45) is 0 Å². The van der Waals surface area contributed by atoms with E-state index in [9.17, 15) is 8.42 Å². The van der Waals surface area contributed by atoms with Gasteiger partial charge in [0.1, 0.15) is 0 Å². The molecular formula is C20H24N4O4S. The minimum atomic E-state index is -3.73. The number of sulfonamides is 1. The molecule has 154 valence electrons. The summed E-state index contributed by atoms with van der Waals surface area (Å²) in [5, 5.41) is 3.83. The van der Waals surface area contributed by atoms with E-state index in [4.69, 9.17) is 8.94 Å². The summed E-state index contributed by atoms with van der Waals surface area (Å²) in [5.74, 6) is 0.824. The Morgan fingerprint density at radius 3 is 2.59 bits per heavy atom. The van der Waals surface area contributed by atoms with E-state index in [1.54, 1.807) is 12.3 Å². The first kappa shape index (κ1) is 19.7. The molecule has 9 heteroatoms. The number of nitrogens with zero attached hydrogens (tertiary/aromatic N) is 4. The minimum Gasteiger partial charge on any atom is -0.440 e. The quantitative estimate of drug-likeness (QED) is 0.645. The summed E-state index contributed by atoms with van der Waals surface area (Å²) in [6.45, 7) is 7.87. The predicted molar refractivity (Wildman–Crippen MR) is 108 cm³/mol. The number of pyridine rings is 1. The van der Waals surface area contributed by atoms with Crippen LogP contribution in [0.5, 0.6) is 0 Å². The first-order valence-electron chi connectivity index (χ1n) is 9.57. The van der Waals surface area contributed by atoms with E-state index >= 15 is 0 Å². The molecule has 0 amide bonds. The minimum absolute atomic E-state index is 0.0749. The lowest BCUT2D eigenvalue weighted by Gasteiger charge is -2.23. The maximum absolute atomic E-state index is 13.1. The van der Waals surface area contributed by atoms with Crippen LogP contribution in [-0.4, -0.2) is 49.0 Å². The van der Waals surface area contributed by atoms with Crippen LogP contribution in [0.3, 0.4) is 0 Å². The second-order valence-electron chi connectivity index (χ2n) is 7.24. The molecule has 0 saturated carbocycles. The molecule has 4 rings (SSSR count). The highest BCUT2D eigenvalue weighted by atomic mass is 32.2. The Morgan fingerprint density at radius 1 is 1.03 bits per heavy atom. The third-order valence-corrected chi connectivity index (χ3v) is 7.03. The largest absolute Gasteiger partial charge is 0.440 e. The lowest BCUT2D eigenvalue weighted by Crippen LogP contribution is -2.35. The molecule has 0 radical (unpaired) electrons. The summed E-state index contributed by atoms with van der Waals surface area (Å²) in [6.07, 6.45) is 2.51. The summed E-state index contributed by atoms with van der Waals surface area (Å²) in [6, 6.07) is 7.07. The molecule has 29 heavy (non-hydrogen) atoms. The van der Waals surface area contributed by atoms with Crippen molar-refractivity contribution in [3.05, 3.63) is 47.4 Å². The fourth-order valence-electron chi connectivity index (χ4n) is 3.47. The molecule has 3 aromatic heterocycles. The number of anilines is 1. The van der Waals surface area contributed by atoms with Crippen molar-refractivity contribution in [2.75, 3.05) is 31.1 Å². The van der Waals surface area contributed by atoms with Gasteiger partial charge in [-0.05, 0) is 51.5 Å². The Bertz CT molecular complexity index is 1120. The molecule has 0 bridgehead atoms. The van der Waals surface area contributed by atoms with Gasteiger partial charge in [0.05, 0.1) is 5.69 Å². The van der Waals surface area contributed by atoms with E-state index in [2.05, 4.69) is 15.0 Å². The van der Waals surface area contributed by atoms with E-state index in [0.717, 1.165) is 35.6 Å². The Hall–Kier alpha value is -2.65. The van der Waals surface area contributed by atoms with Crippen LogP contribution in [0.1, 0.15) is 23.4 Å². The number of aromatic nitrogens is 2. The van der Waals surface area contributed by atoms with E-state index in [-0.39, 0.29) is 5.09 Å². The lowest BCUT2D eigenvalue weighted by atomic mass is 10.2. The molecule has 1 aliphatic rings. The van der Waals surface area contributed by atoms with Gasteiger partial charge in [-0.3, -0.25) is 4.98 Å². The van der Waals surface area contributed by atoms with Gasteiger partial charge in [-0.15, -0.1) is 0 Å². The molecular weight excluding hydrogens is 392 g/mol. The van der Waals surface area contributed by atoms with Gasteiger partial charge in [-0.1, -0.05) is 5.16 Å². The molecule has 4 heterocycles. The van der Waals surface area contributed by atoms with Gasteiger partial charge >= 0.3 is 0 Å². The van der Waals surface area contributed by atoms with Crippen molar-refractivity contribution in [1.82, 2.24) is 14.4 Å². The number of aryl methyl sites for hydroxylation is 2. The van der Waals surface area contributed by atoms with E-state index in [1.807, 2.05) is 32.9 Å². The molecule has 8 nitrogen and oxygen atoms in total. The lowest BCUT2D eigenvalue weighted by molar-refractivity contribution is 0.379. The Kier molecular flexibility index (Phi) is 5.18. The van der Waals surface area contributed by atoms with Crippen LogP contribution in [0.25, 0.3) is 11.5 Å². The topological polar surface area (TPSA) is 92.7 Å². The highest BCUT2D eigenvalue weighted by molar-refractivity contribution is 7.89. The maximum atomic E-state index is 13.1. The highest BCUT2D eigenvalue weighted by Crippen LogP contribution is 2.30. The van der Waals surface area contributed by atoms with Crippen LogP contribution in [0.4, 0.5) is 5.69 Å². The summed E-state index contributed by atoms with van der Waals surface area (Å²) >= 11 is 0. The van der Waals surface area contributed by atoms with Crippen molar-refractivity contribution in [3.63, 3.8) is 0 Å².